The van der Waals surface area contributed by atoms with Crippen LogP contribution in [0.1, 0.15) is 23.6 Å². The monoisotopic (exact) mass is 225 g/mol. The first-order valence-corrected chi connectivity index (χ1v) is 5.93. The molecule has 0 unspecified atom stereocenters. The van der Waals surface area contributed by atoms with Gasteiger partial charge >= 0.3 is 0 Å². The number of benzene rings is 1. The van der Waals surface area contributed by atoms with E-state index >= 15 is 0 Å². The zero-order valence-electron chi connectivity index (χ0n) is 10.4. The molecule has 3 rings (SSSR count). The summed E-state index contributed by atoms with van der Waals surface area (Å²) in [7, 11) is 0. The van der Waals surface area contributed by atoms with Crippen LogP contribution in [0.2, 0.25) is 0 Å². The van der Waals surface area contributed by atoms with Crippen LogP contribution in [0.5, 0.6) is 0 Å². The van der Waals surface area contributed by atoms with Gasteiger partial charge in [-0.15, -0.1) is 0 Å². The van der Waals surface area contributed by atoms with Gasteiger partial charge in [-0.1, -0.05) is 6.92 Å². The van der Waals surface area contributed by atoms with E-state index in [-0.39, 0.29) is 0 Å². The van der Waals surface area contributed by atoms with Gasteiger partial charge in [0, 0.05) is 5.39 Å². The average molecular weight is 225 g/mol. The van der Waals surface area contributed by atoms with Gasteiger partial charge in [0.05, 0.1) is 17.2 Å². The van der Waals surface area contributed by atoms with E-state index in [1.54, 1.807) is 6.33 Å². The number of fused-ring (bicyclic) bond motifs is 3. The SMILES string of the molecule is CCc1cnn2cnc3cc(C)c(C)cc3c12. The van der Waals surface area contributed by atoms with Crippen molar-refractivity contribution in [3.63, 3.8) is 0 Å². The van der Waals surface area contributed by atoms with Crippen LogP contribution in [0, 0.1) is 13.8 Å². The van der Waals surface area contributed by atoms with E-state index in [0.717, 1.165) is 11.9 Å². The Morgan fingerprint density at radius 3 is 2.71 bits per heavy atom. The molecule has 0 aliphatic rings. The molecule has 0 spiro atoms. The maximum atomic E-state index is 4.46. The molecule has 0 bridgehead atoms. The molecule has 2 heterocycles. The second-order valence-electron chi connectivity index (χ2n) is 4.51. The molecule has 3 aromatic rings. The Labute approximate surface area is 100 Å². The first-order chi connectivity index (χ1) is 8.20. The van der Waals surface area contributed by atoms with E-state index in [4.69, 9.17) is 0 Å². The zero-order chi connectivity index (χ0) is 12.0. The summed E-state index contributed by atoms with van der Waals surface area (Å²) in [5, 5.41) is 5.54. The Balaban J connectivity index is 2.53. The quantitative estimate of drug-likeness (QED) is 0.637. The van der Waals surface area contributed by atoms with Crippen LogP contribution in [-0.4, -0.2) is 14.6 Å². The van der Waals surface area contributed by atoms with Crippen molar-refractivity contribution in [3.8, 4) is 0 Å². The fraction of sp³-hybridized carbons (Fsp3) is 0.286. The Hall–Kier alpha value is -1.90. The van der Waals surface area contributed by atoms with E-state index in [2.05, 4.69) is 43.0 Å². The van der Waals surface area contributed by atoms with Gasteiger partial charge in [0.1, 0.15) is 6.33 Å². The number of hydrogen-bond donors (Lipinski definition) is 0. The lowest BCUT2D eigenvalue weighted by Crippen LogP contribution is -1.93. The number of aromatic nitrogens is 3. The normalized spacial score (nSPS) is 11.5. The molecule has 3 heteroatoms. The molecule has 17 heavy (non-hydrogen) atoms. The lowest BCUT2D eigenvalue weighted by molar-refractivity contribution is 0.933. The highest BCUT2D eigenvalue weighted by atomic mass is 15.2. The van der Waals surface area contributed by atoms with Crippen molar-refractivity contribution in [1.82, 2.24) is 14.6 Å². The number of rotatable bonds is 1. The Kier molecular flexibility index (Phi) is 2.15. The molecule has 0 N–H and O–H groups in total. The van der Waals surface area contributed by atoms with Gasteiger partial charge in [0.15, 0.2) is 0 Å². The molecule has 0 aliphatic carbocycles. The number of aryl methyl sites for hydroxylation is 3. The fourth-order valence-electron chi connectivity index (χ4n) is 2.25. The van der Waals surface area contributed by atoms with Crippen molar-refractivity contribution in [2.24, 2.45) is 0 Å². The second-order valence-corrected chi connectivity index (χ2v) is 4.51. The van der Waals surface area contributed by atoms with Crippen LogP contribution < -0.4 is 0 Å². The van der Waals surface area contributed by atoms with Gasteiger partial charge in [0.2, 0.25) is 0 Å². The largest absolute Gasteiger partial charge is 0.236 e. The summed E-state index contributed by atoms with van der Waals surface area (Å²) in [6.45, 7) is 6.42. The molecule has 0 atom stereocenters. The molecule has 0 radical (unpaired) electrons. The van der Waals surface area contributed by atoms with Crippen molar-refractivity contribution in [3.05, 3.63) is 41.3 Å². The lowest BCUT2D eigenvalue weighted by Gasteiger charge is -2.05. The van der Waals surface area contributed by atoms with Crippen molar-refractivity contribution in [1.29, 1.82) is 0 Å². The zero-order valence-corrected chi connectivity index (χ0v) is 10.4. The minimum Gasteiger partial charge on any atom is -0.236 e. The van der Waals surface area contributed by atoms with Crippen LogP contribution >= 0.6 is 0 Å². The number of hydrogen-bond acceptors (Lipinski definition) is 2. The van der Waals surface area contributed by atoms with Crippen molar-refractivity contribution in [2.75, 3.05) is 0 Å². The fourth-order valence-corrected chi connectivity index (χ4v) is 2.25. The summed E-state index contributed by atoms with van der Waals surface area (Å²) in [5.74, 6) is 0. The van der Waals surface area contributed by atoms with Crippen LogP contribution in [-0.2, 0) is 6.42 Å². The molecule has 0 saturated heterocycles. The molecule has 0 aliphatic heterocycles. The third-order valence-electron chi connectivity index (χ3n) is 3.43. The van der Waals surface area contributed by atoms with E-state index in [9.17, 15) is 0 Å². The van der Waals surface area contributed by atoms with E-state index in [1.807, 2.05) is 10.7 Å². The Morgan fingerprint density at radius 1 is 1.18 bits per heavy atom. The topological polar surface area (TPSA) is 30.2 Å². The molecule has 1 aromatic carbocycles. The molecule has 0 saturated carbocycles. The average Bonchev–Trinajstić information content (AvgIpc) is 2.74. The van der Waals surface area contributed by atoms with Crippen LogP contribution in [0.25, 0.3) is 16.4 Å². The molecule has 2 aromatic heterocycles. The van der Waals surface area contributed by atoms with Crippen LogP contribution in [0.4, 0.5) is 0 Å². The highest BCUT2D eigenvalue weighted by molar-refractivity contribution is 5.95. The van der Waals surface area contributed by atoms with Crippen LogP contribution in [0.15, 0.2) is 24.7 Å². The first-order valence-electron chi connectivity index (χ1n) is 5.93. The van der Waals surface area contributed by atoms with Crippen LogP contribution in [0.3, 0.4) is 0 Å². The summed E-state index contributed by atoms with van der Waals surface area (Å²) in [6, 6.07) is 4.37. The summed E-state index contributed by atoms with van der Waals surface area (Å²) in [6.07, 6.45) is 4.73. The highest BCUT2D eigenvalue weighted by Crippen LogP contribution is 2.24. The predicted octanol–water partition coefficient (Wildman–Crippen LogP) is 3.06. The van der Waals surface area contributed by atoms with E-state index in [1.165, 1.54) is 27.6 Å². The van der Waals surface area contributed by atoms with Gasteiger partial charge in [0.25, 0.3) is 0 Å². The van der Waals surface area contributed by atoms with Gasteiger partial charge in [-0.05, 0) is 49.1 Å². The third-order valence-corrected chi connectivity index (χ3v) is 3.43. The van der Waals surface area contributed by atoms with Gasteiger partial charge in [-0.25, -0.2) is 9.50 Å². The summed E-state index contributed by atoms with van der Waals surface area (Å²) >= 11 is 0. The molecule has 3 nitrogen and oxygen atoms in total. The van der Waals surface area contributed by atoms with Crippen molar-refractivity contribution in [2.45, 2.75) is 27.2 Å². The van der Waals surface area contributed by atoms with Crippen molar-refractivity contribution < 1.29 is 0 Å². The Bertz CT molecular complexity index is 710. The second kappa shape index (κ2) is 3.55. The Morgan fingerprint density at radius 2 is 1.94 bits per heavy atom. The molecule has 86 valence electrons. The summed E-state index contributed by atoms with van der Waals surface area (Å²) in [4.78, 5) is 4.46. The third kappa shape index (κ3) is 1.42. The maximum absolute atomic E-state index is 4.46. The predicted molar refractivity (Wildman–Crippen MR) is 69.3 cm³/mol. The molecular weight excluding hydrogens is 210 g/mol. The minimum absolute atomic E-state index is 0.996. The highest BCUT2D eigenvalue weighted by Gasteiger charge is 2.08. The van der Waals surface area contributed by atoms with Gasteiger partial charge < -0.3 is 0 Å². The molecule has 0 amide bonds. The summed E-state index contributed by atoms with van der Waals surface area (Å²) < 4.78 is 1.87. The molecular formula is C14H15N3. The smallest absolute Gasteiger partial charge is 0.118 e. The maximum Gasteiger partial charge on any atom is 0.118 e. The first kappa shape index (κ1) is 10.3. The van der Waals surface area contributed by atoms with E-state index in [0.29, 0.717) is 0 Å². The number of nitrogens with zero attached hydrogens (tertiary/aromatic N) is 3. The minimum atomic E-state index is 0.996. The molecule has 0 fully saturated rings. The van der Waals surface area contributed by atoms with E-state index < -0.39 is 0 Å². The van der Waals surface area contributed by atoms with Gasteiger partial charge in [-0.2, -0.15) is 5.10 Å². The van der Waals surface area contributed by atoms with Gasteiger partial charge in [-0.3, -0.25) is 0 Å². The van der Waals surface area contributed by atoms with Crippen molar-refractivity contribution >= 4 is 16.4 Å². The lowest BCUT2D eigenvalue weighted by atomic mass is 10.0. The summed E-state index contributed by atoms with van der Waals surface area (Å²) in [5.41, 5.74) is 6.11. The standard InChI is InChI=1S/C14H15N3/c1-4-11-7-16-17-8-15-13-6-10(3)9(2)5-12(13)14(11)17/h5-8H,4H2,1-3H3.